The quantitative estimate of drug-likeness (QED) is 0.828. The molecule has 4 heteroatoms. The highest BCUT2D eigenvalue weighted by molar-refractivity contribution is 5.85. The lowest BCUT2D eigenvalue weighted by Gasteiger charge is -2.27. The molecule has 0 aromatic rings. The lowest BCUT2D eigenvalue weighted by molar-refractivity contribution is -0.130. The Bertz CT molecular complexity index is 215. The van der Waals surface area contributed by atoms with E-state index in [9.17, 15) is 4.79 Å². The monoisotopic (exact) mass is 262 g/mol. The topological polar surface area (TPSA) is 46.3 Å². The van der Waals surface area contributed by atoms with Gasteiger partial charge in [-0.05, 0) is 32.1 Å². The second kappa shape index (κ2) is 8.76. The van der Waals surface area contributed by atoms with Crippen LogP contribution in [0.5, 0.6) is 0 Å². The van der Waals surface area contributed by atoms with Gasteiger partial charge in [0, 0.05) is 26.1 Å². The molecule has 0 aliphatic heterocycles. The standard InChI is InChI=1S/C13H26N2O.ClH/c1-11(14)8-9-13(16)15(2)10-12-6-4-3-5-7-12;/h11-12H,3-10,14H2,1-2H3;1H. The number of nitrogens with two attached hydrogens (primary N) is 1. The molecule has 1 atom stereocenters. The summed E-state index contributed by atoms with van der Waals surface area (Å²) in [4.78, 5) is 13.7. The van der Waals surface area contributed by atoms with Crippen LogP contribution in [0, 0.1) is 5.92 Å². The molecule has 1 amide bonds. The molecule has 1 saturated carbocycles. The Morgan fingerprint density at radius 2 is 1.94 bits per heavy atom. The first-order valence-electron chi connectivity index (χ1n) is 6.59. The fourth-order valence-corrected chi connectivity index (χ4v) is 2.40. The Balaban J connectivity index is 0.00000256. The van der Waals surface area contributed by atoms with Gasteiger partial charge in [-0.25, -0.2) is 0 Å². The third-order valence-corrected chi connectivity index (χ3v) is 3.50. The molecule has 0 saturated heterocycles. The molecule has 1 aliphatic rings. The van der Waals surface area contributed by atoms with Crippen LogP contribution < -0.4 is 5.73 Å². The number of carbonyl (C=O) groups excluding carboxylic acids is 1. The molecule has 0 heterocycles. The van der Waals surface area contributed by atoms with Crippen LogP contribution in [-0.4, -0.2) is 30.4 Å². The average Bonchev–Trinajstić information content (AvgIpc) is 2.27. The first-order valence-corrected chi connectivity index (χ1v) is 6.59. The van der Waals surface area contributed by atoms with Crippen LogP contribution >= 0.6 is 12.4 Å². The van der Waals surface area contributed by atoms with Crippen molar-refractivity contribution >= 4 is 18.3 Å². The van der Waals surface area contributed by atoms with E-state index in [1.54, 1.807) is 0 Å². The zero-order valence-corrected chi connectivity index (χ0v) is 12.0. The number of hydrogen-bond acceptors (Lipinski definition) is 2. The summed E-state index contributed by atoms with van der Waals surface area (Å²) in [6.07, 6.45) is 8.04. The van der Waals surface area contributed by atoms with Gasteiger partial charge in [-0.1, -0.05) is 19.3 Å². The van der Waals surface area contributed by atoms with E-state index in [1.807, 2.05) is 18.9 Å². The zero-order chi connectivity index (χ0) is 12.0. The molecule has 1 aliphatic carbocycles. The van der Waals surface area contributed by atoms with Crippen molar-refractivity contribution in [1.29, 1.82) is 0 Å². The molecule has 2 N–H and O–H groups in total. The minimum atomic E-state index is 0. The fraction of sp³-hybridized carbons (Fsp3) is 0.923. The first kappa shape index (κ1) is 16.7. The third-order valence-electron chi connectivity index (χ3n) is 3.50. The Kier molecular flexibility index (Phi) is 8.61. The van der Waals surface area contributed by atoms with Crippen molar-refractivity contribution in [3.8, 4) is 0 Å². The second-order valence-corrected chi connectivity index (χ2v) is 5.29. The van der Waals surface area contributed by atoms with E-state index in [1.165, 1.54) is 32.1 Å². The largest absolute Gasteiger partial charge is 0.345 e. The number of halogens is 1. The average molecular weight is 263 g/mol. The van der Waals surface area contributed by atoms with E-state index >= 15 is 0 Å². The van der Waals surface area contributed by atoms with Crippen LogP contribution in [0.2, 0.25) is 0 Å². The van der Waals surface area contributed by atoms with E-state index in [-0.39, 0.29) is 24.4 Å². The highest BCUT2D eigenvalue weighted by atomic mass is 35.5. The molecule has 0 aromatic carbocycles. The summed E-state index contributed by atoms with van der Waals surface area (Å²) in [5, 5.41) is 0. The minimum absolute atomic E-state index is 0. The van der Waals surface area contributed by atoms with Crippen LogP contribution in [0.4, 0.5) is 0 Å². The van der Waals surface area contributed by atoms with Crippen LogP contribution in [0.15, 0.2) is 0 Å². The normalized spacial score (nSPS) is 18.3. The summed E-state index contributed by atoms with van der Waals surface area (Å²) < 4.78 is 0. The SMILES string of the molecule is CC(N)CCC(=O)N(C)CC1CCCCC1.Cl. The molecular weight excluding hydrogens is 236 g/mol. The van der Waals surface area contributed by atoms with Crippen molar-refractivity contribution in [2.75, 3.05) is 13.6 Å². The molecule has 1 rings (SSSR count). The van der Waals surface area contributed by atoms with Gasteiger partial charge in [-0.2, -0.15) is 0 Å². The highest BCUT2D eigenvalue weighted by Crippen LogP contribution is 2.24. The molecule has 0 bridgehead atoms. The molecule has 1 fully saturated rings. The molecule has 17 heavy (non-hydrogen) atoms. The molecular formula is C13H27ClN2O. The van der Waals surface area contributed by atoms with Gasteiger partial charge < -0.3 is 10.6 Å². The summed E-state index contributed by atoms with van der Waals surface area (Å²) >= 11 is 0. The van der Waals surface area contributed by atoms with Crippen molar-refractivity contribution in [1.82, 2.24) is 4.90 Å². The smallest absolute Gasteiger partial charge is 0.222 e. The zero-order valence-electron chi connectivity index (χ0n) is 11.2. The molecule has 102 valence electrons. The summed E-state index contributed by atoms with van der Waals surface area (Å²) in [6, 6.07) is 0.132. The van der Waals surface area contributed by atoms with E-state index in [4.69, 9.17) is 5.73 Å². The predicted octanol–water partition coefficient (Wildman–Crippen LogP) is 2.57. The second-order valence-electron chi connectivity index (χ2n) is 5.29. The van der Waals surface area contributed by atoms with E-state index in [2.05, 4.69) is 0 Å². The molecule has 0 radical (unpaired) electrons. The Morgan fingerprint density at radius 1 is 1.35 bits per heavy atom. The molecule has 1 unspecified atom stereocenters. The predicted molar refractivity (Wildman–Crippen MR) is 74.3 cm³/mol. The van der Waals surface area contributed by atoms with Gasteiger partial charge in [0.2, 0.25) is 5.91 Å². The summed E-state index contributed by atoms with van der Waals surface area (Å²) in [5.74, 6) is 0.987. The molecule has 3 nitrogen and oxygen atoms in total. The summed E-state index contributed by atoms with van der Waals surface area (Å²) in [5.41, 5.74) is 5.65. The lowest BCUT2D eigenvalue weighted by atomic mass is 9.89. The van der Waals surface area contributed by atoms with Crippen LogP contribution in [-0.2, 0) is 4.79 Å². The highest BCUT2D eigenvalue weighted by Gasteiger charge is 2.18. The van der Waals surface area contributed by atoms with Crippen molar-refractivity contribution in [3.05, 3.63) is 0 Å². The maximum absolute atomic E-state index is 11.8. The minimum Gasteiger partial charge on any atom is -0.345 e. The van der Waals surface area contributed by atoms with Gasteiger partial charge >= 0.3 is 0 Å². The van der Waals surface area contributed by atoms with Gasteiger partial charge in [0.1, 0.15) is 0 Å². The van der Waals surface area contributed by atoms with Crippen molar-refractivity contribution in [3.63, 3.8) is 0 Å². The van der Waals surface area contributed by atoms with Crippen LogP contribution in [0.3, 0.4) is 0 Å². The summed E-state index contributed by atoms with van der Waals surface area (Å²) in [7, 11) is 1.93. The van der Waals surface area contributed by atoms with E-state index in [0.29, 0.717) is 6.42 Å². The van der Waals surface area contributed by atoms with Crippen LogP contribution in [0.25, 0.3) is 0 Å². The molecule has 0 spiro atoms. The first-order chi connectivity index (χ1) is 7.59. The van der Waals surface area contributed by atoms with Gasteiger partial charge in [0.15, 0.2) is 0 Å². The number of hydrogen-bond donors (Lipinski definition) is 1. The van der Waals surface area contributed by atoms with Crippen molar-refractivity contribution in [2.45, 2.75) is 57.9 Å². The van der Waals surface area contributed by atoms with Gasteiger partial charge in [0.25, 0.3) is 0 Å². The number of nitrogens with zero attached hydrogens (tertiary/aromatic N) is 1. The Morgan fingerprint density at radius 3 is 2.47 bits per heavy atom. The Labute approximate surface area is 112 Å². The van der Waals surface area contributed by atoms with Gasteiger partial charge in [-0.15, -0.1) is 12.4 Å². The summed E-state index contributed by atoms with van der Waals surface area (Å²) in [6.45, 7) is 2.90. The van der Waals surface area contributed by atoms with E-state index < -0.39 is 0 Å². The number of amides is 1. The van der Waals surface area contributed by atoms with Gasteiger partial charge in [0.05, 0.1) is 0 Å². The molecule has 0 aromatic heterocycles. The number of rotatable bonds is 5. The lowest BCUT2D eigenvalue weighted by Crippen LogP contribution is -2.33. The van der Waals surface area contributed by atoms with Crippen molar-refractivity contribution in [2.24, 2.45) is 11.7 Å². The maximum Gasteiger partial charge on any atom is 0.222 e. The maximum atomic E-state index is 11.8. The van der Waals surface area contributed by atoms with Crippen molar-refractivity contribution < 1.29 is 4.79 Å². The fourth-order valence-electron chi connectivity index (χ4n) is 2.40. The Hall–Kier alpha value is -0.280. The van der Waals surface area contributed by atoms with Crippen LogP contribution in [0.1, 0.15) is 51.9 Å². The van der Waals surface area contributed by atoms with E-state index in [0.717, 1.165) is 18.9 Å². The number of carbonyl (C=O) groups is 1. The van der Waals surface area contributed by atoms with Gasteiger partial charge in [-0.3, -0.25) is 4.79 Å². The third kappa shape index (κ3) is 6.89.